The third-order valence-electron chi connectivity index (χ3n) is 4.50. The topological polar surface area (TPSA) is 24.5 Å². The van der Waals surface area contributed by atoms with Crippen LogP contribution in [-0.2, 0) is 4.74 Å². The van der Waals surface area contributed by atoms with E-state index in [-0.39, 0.29) is 0 Å². The van der Waals surface area contributed by atoms with Crippen LogP contribution >= 0.6 is 0 Å². The molecule has 1 aliphatic carbocycles. The van der Waals surface area contributed by atoms with Crippen molar-refractivity contribution in [3.05, 3.63) is 0 Å². The van der Waals surface area contributed by atoms with Crippen molar-refractivity contribution in [2.45, 2.75) is 50.8 Å². The molecule has 0 aromatic rings. The van der Waals surface area contributed by atoms with E-state index in [1.165, 1.54) is 38.8 Å². The number of rotatable bonds is 3. The molecule has 0 bridgehead atoms. The molecule has 2 aliphatic rings. The molecule has 94 valence electrons. The highest BCUT2D eigenvalue weighted by Gasteiger charge is 2.35. The van der Waals surface area contributed by atoms with Crippen LogP contribution < -0.4 is 5.32 Å². The Morgan fingerprint density at radius 2 is 2.06 bits per heavy atom. The lowest BCUT2D eigenvalue weighted by atomic mass is 9.92. The van der Waals surface area contributed by atoms with Crippen LogP contribution in [0.3, 0.4) is 0 Å². The number of methoxy groups -OCH3 is 1. The van der Waals surface area contributed by atoms with E-state index in [4.69, 9.17) is 4.74 Å². The van der Waals surface area contributed by atoms with E-state index in [0.717, 1.165) is 5.92 Å². The van der Waals surface area contributed by atoms with Crippen molar-refractivity contribution < 1.29 is 4.74 Å². The average molecular weight is 226 g/mol. The fraction of sp³-hybridized carbons (Fsp3) is 1.00. The Morgan fingerprint density at radius 1 is 1.25 bits per heavy atom. The van der Waals surface area contributed by atoms with Gasteiger partial charge in [-0.05, 0) is 38.6 Å². The molecule has 16 heavy (non-hydrogen) atoms. The molecule has 1 N–H and O–H groups in total. The minimum atomic E-state index is 0.485. The Hall–Kier alpha value is -0.120. The highest BCUT2D eigenvalue weighted by molar-refractivity contribution is 4.91. The summed E-state index contributed by atoms with van der Waals surface area (Å²) in [6.45, 7) is 4.83. The standard InChI is InChI=1S/C13H26N2O/c1-10-9-15(8-7-11(10)14-2)12-5-4-6-13(12)16-3/h10-14H,4-9H2,1-3H3. The molecule has 1 aliphatic heterocycles. The zero-order valence-electron chi connectivity index (χ0n) is 10.9. The van der Waals surface area contributed by atoms with Gasteiger partial charge in [-0.25, -0.2) is 0 Å². The third kappa shape index (κ3) is 2.41. The molecule has 4 atom stereocenters. The van der Waals surface area contributed by atoms with E-state index in [2.05, 4.69) is 24.2 Å². The number of hydrogen-bond acceptors (Lipinski definition) is 3. The highest BCUT2D eigenvalue weighted by atomic mass is 16.5. The second kappa shape index (κ2) is 5.48. The Labute approximate surface area is 99.5 Å². The van der Waals surface area contributed by atoms with E-state index in [1.54, 1.807) is 0 Å². The maximum atomic E-state index is 5.61. The van der Waals surface area contributed by atoms with Crippen molar-refractivity contribution in [3.63, 3.8) is 0 Å². The van der Waals surface area contributed by atoms with Crippen molar-refractivity contribution in [2.24, 2.45) is 5.92 Å². The molecule has 0 aromatic carbocycles. The lowest BCUT2D eigenvalue weighted by Gasteiger charge is -2.41. The summed E-state index contributed by atoms with van der Waals surface area (Å²) >= 11 is 0. The molecule has 0 radical (unpaired) electrons. The van der Waals surface area contributed by atoms with Crippen LogP contribution in [0, 0.1) is 5.92 Å². The van der Waals surface area contributed by atoms with Crippen molar-refractivity contribution in [2.75, 3.05) is 27.2 Å². The van der Waals surface area contributed by atoms with Gasteiger partial charge in [0.05, 0.1) is 6.10 Å². The van der Waals surface area contributed by atoms with Crippen LogP contribution in [0.4, 0.5) is 0 Å². The van der Waals surface area contributed by atoms with E-state index in [0.29, 0.717) is 18.2 Å². The summed E-state index contributed by atoms with van der Waals surface area (Å²) in [7, 11) is 3.96. The third-order valence-corrected chi connectivity index (χ3v) is 4.50. The molecule has 3 nitrogen and oxygen atoms in total. The lowest BCUT2D eigenvalue weighted by molar-refractivity contribution is 0.0109. The minimum Gasteiger partial charge on any atom is -0.380 e. The number of nitrogens with zero attached hydrogens (tertiary/aromatic N) is 1. The minimum absolute atomic E-state index is 0.485. The van der Waals surface area contributed by atoms with E-state index in [1.807, 2.05) is 7.11 Å². The summed E-state index contributed by atoms with van der Waals surface area (Å²) in [6, 6.07) is 1.39. The number of hydrogen-bond donors (Lipinski definition) is 1. The molecule has 1 saturated heterocycles. The Balaban J connectivity index is 1.91. The van der Waals surface area contributed by atoms with Crippen LogP contribution in [0.15, 0.2) is 0 Å². The van der Waals surface area contributed by atoms with Gasteiger partial charge in [0.25, 0.3) is 0 Å². The van der Waals surface area contributed by atoms with Gasteiger partial charge in [0.15, 0.2) is 0 Å². The van der Waals surface area contributed by atoms with Gasteiger partial charge in [-0.15, -0.1) is 0 Å². The Bertz CT molecular complexity index is 222. The molecule has 3 heteroatoms. The van der Waals surface area contributed by atoms with Crippen LogP contribution in [0.2, 0.25) is 0 Å². The van der Waals surface area contributed by atoms with E-state index >= 15 is 0 Å². The molecule has 4 unspecified atom stereocenters. The summed E-state index contributed by atoms with van der Waals surface area (Å²) < 4.78 is 5.61. The predicted molar refractivity (Wildman–Crippen MR) is 66.6 cm³/mol. The number of likely N-dealkylation sites (tertiary alicyclic amines) is 1. The van der Waals surface area contributed by atoms with Crippen LogP contribution in [0.25, 0.3) is 0 Å². The van der Waals surface area contributed by atoms with Crippen molar-refractivity contribution >= 4 is 0 Å². The first kappa shape index (κ1) is 12.3. The average Bonchev–Trinajstić information content (AvgIpc) is 2.77. The van der Waals surface area contributed by atoms with Gasteiger partial charge in [-0.2, -0.15) is 0 Å². The first-order valence-corrected chi connectivity index (χ1v) is 6.70. The van der Waals surface area contributed by atoms with Gasteiger partial charge >= 0.3 is 0 Å². The fourth-order valence-corrected chi connectivity index (χ4v) is 3.51. The van der Waals surface area contributed by atoms with Crippen molar-refractivity contribution in [3.8, 4) is 0 Å². The summed E-state index contributed by atoms with van der Waals surface area (Å²) in [4.78, 5) is 2.67. The lowest BCUT2D eigenvalue weighted by Crippen LogP contribution is -2.52. The first-order valence-electron chi connectivity index (χ1n) is 6.70. The Kier molecular flexibility index (Phi) is 4.22. The SMILES string of the molecule is CNC1CCN(C2CCCC2OC)CC1C. The second-order valence-corrected chi connectivity index (χ2v) is 5.43. The zero-order chi connectivity index (χ0) is 11.5. The molecule has 0 spiro atoms. The first-order chi connectivity index (χ1) is 7.76. The molecule has 1 heterocycles. The molecular weight excluding hydrogens is 200 g/mol. The largest absolute Gasteiger partial charge is 0.380 e. The van der Waals surface area contributed by atoms with Crippen LogP contribution in [-0.4, -0.2) is 50.3 Å². The molecule has 2 fully saturated rings. The smallest absolute Gasteiger partial charge is 0.0726 e. The second-order valence-electron chi connectivity index (χ2n) is 5.43. The fourth-order valence-electron chi connectivity index (χ4n) is 3.51. The maximum absolute atomic E-state index is 5.61. The van der Waals surface area contributed by atoms with Gasteiger partial charge in [0.2, 0.25) is 0 Å². The molecule has 1 saturated carbocycles. The van der Waals surface area contributed by atoms with E-state index in [9.17, 15) is 0 Å². The van der Waals surface area contributed by atoms with Gasteiger partial charge in [0.1, 0.15) is 0 Å². The number of nitrogens with one attached hydrogen (secondary N) is 1. The normalized spacial score (nSPS) is 41.4. The van der Waals surface area contributed by atoms with Gasteiger partial charge in [-0.1, -0.05) is 6.92 Å². The number of piperidine rings is 1. The van der Waals surface area contributed by atoms with Gasteiger partial charge < -0.3 is 10.1 Å². The highest BCUT2D eigenvalue weighted by Crippen LogP contribution is 2.29. The van der Waals surface area contributed by atoms with Crippen LogP contribution in [0.5, 0.6) is 0 Å². The summed E-state index contributed by atoms with van der Waals surface area (Å²) in [5.74, 6) is 0.761. The summed E-state index contributed by atoms with van der Waals surface area (Å²) in [6.07, 6.45) is 5.68. The Morgan fingerprint density at radius 3 is 2.69 bits per heavy atom. The van der Waals surface area contributed by atoms with Crippen molar-refractivity contribution in [1.29, 1.82) is 0 Å². The monoisotopic (exact) mass is 226 g/mol. The van der Waals surface area contributed by atoms with E-state index < -0.39 is 0 Å². The summed E-state index contributed by atoms with van der Waals surface area (Å²) in [5.41, 5.74) is 0. The quantitative estimate of drug-likeness (QED) is 0.789. The zero-order valence-corrected chi connectivity index (χ0v) is 10.9. The van der Waals surface area contributed by atoms with Crippen LogP contribution in [0.1, 0.15) is 32.6 Å². The summed E-state index contributed by atoms with van der Waals surface area (Å²) in [5, 5.41) is 3.43. The molecule has 0 aromatic heterocycles. The maximum Gasteiger partial charge on any atom is 0.0726 e. The molecule has 0 amide bonds. The predicted octanol–water partition coefficient (Wildman–Crippen LogP) is 1.48. The molecular formula is C13H26N2O. The number of ether oxygens (including phenoxy) is 1. The van der Waals surface area contributed by atoms with Gasteiger partial charge in [0, 0.05) is 32.3 Å². The molecule has 2 rings (SSSR count). The van der Waals surface area contributed by atoms with Crippen molar-refractivity contribution in [1.82, 2.24) is 10.2 Å². The van der Waals surface area contributed by atoms with Gasteiger partial charge in [-0.3, -0.25) is 4.90 Å².